The van der Waals surface area contributed by atoms with Crippen LogP contribution in [-0.2, 0) is 0 Å². The van der Waals surface area contributed by atoms with Crippen LogP contribution in [0.5, 0.6) is 11.5 Å². The lowest BCUT2D eigenvalue weighted by molar-refractivity contribution is 0.0692. The van der Waals surface area contributed by atoms with E-state index in [1.807, 2.05) is 6.07 Å². The molecule has 2 aromatic carbocycles. The van der Waals surface area contributed by atoms with Crippen molar-refractivity contribution in [3.8, 4) is 17.6 Å². The molecule has 0 heterocycles. The number of hydrogen-bond acceptors (Lipinski definition) is 3. The van der Waals surface area contributed by atoms with E-state index in [1.54, 1.807) is 24.3 Å². The van der Waals surface area contributed by atoms with Crippen molar-refractivity contribution in [2.45, 2.75) is 0 Å². The Hall–Kier alpha value is -2.87. The molecule has 2 rings (SSSR count). The summed E-state index contributed by atoms with van der Waals surface area (Å²) in [6, 6.07) is 11.9. The minimum atomic E-state index is -1.35. The van der Waals surface area contributed by atoms with Crippen LogP contribution in [0.3, 0.4) is 0 Å². The number of carboxylic acids is 1. The predicted octanol–water partition coefficient (Wildman–Crippen LogP) is 3.19. The highest BCUT2D eigenvalue weighted by Crippen LogP contribution is 2.26. The lowest BCUT2D eigenvalue weighted by Crippen LogP contribution is -2.00. The molecular weight excluding hydrogens is 249 g/mol. The molecule has 0 unspecified atom stereocenters. The van der Waals surface area contributed by atoms with E-state index in [9.17, 15) is 9.18 Å². The van der Waals surface area contributed by atoms with Crippen molar-refractivity contribution in [2.24, 2.45) is 0 Å². The van der Waals surface area contributed by atoms with Crippen LogP contribution in [0.25, 0.3) is 0 Å². The van der Waals surface area contributed by atoms with Gasteiger partial charge in [-0.25, -0.2) is 9.18 Å². The van der Waals surface area contributed by atoms with E-state index in [-0.39, 0.29) is 11.5 Å². The molecule has 0 bridgehead atoms. The van der Waals surface area contributed by atoms with E-state index < -0.39 is 17.3 Å². The van der Waals surface area contributed by atoms with Gasteiger partial charge in [-0.15, -0.1) is 0 Å². The minimum Gasteiger partial charge on any atom is -0.478 e. The monoisotopic (exact) mass is 257 g/mol. The smallest absolute Gasteiger partial charge is 0.338 e. The lowest BCUT2D eigenvalue weighted by atomic mass is 10.2. The third-order valence-corrected chi connectivity index (χ3v) is 2.41. The van der Waals surface area contributed by atoms with Crippen LogP contribution in [0.15, 0.2) is 42.5 Å². The predicted molar refractivity (Wildman–Crippen MR) is 64.6 cm³/mol. The van der Waals surface area contributed by atoms with Gasteiger partial charge >= 0.3 is 5.97 Å². The number of carboxylic acid groups (broad SMARTS) is 1. The molecule has 19 heavy (non-hydrogen) atoms. The molecule has 0 atom stereocenters. The number of para-hydroxylation sites is 1. The van der Waals surface area contributed by atoms with Crippen molar-refractivity contribution in [3.05, 3.63) is 59.4 Å². The quantitative estimate of drug-likeness (QED) is 0.916. The Bertz CT molecular complexity index is 677. The number of hydrogen-bond donors (Lipinski definition) is 1. The second kappa shape index (κ2) is 5.19. The van der Waals surface area contributed by atoms with Gasteiger partial charge in [0.25, 0.3) is 0 Å². The zero-order valence-electron chi connectivity index (χ0n) is 9.63. The van der Waals surface area contributed by atoms with Gasteiger partial charge in [0.2, 0.25) is 0 Å². The fraction of sp³-hybridized carbons (Fsp3) is 0. The van der Waals surface area contributed by atoms with E-state index in [0.29, 0.717) is 5.56 Å². The van der Waals surface area contributed by atoms with E-state index in [4.69, 9.17) is 15.1 Å². The average molecular weight is 257 g/mol. The van der Waals surface area contributed by atoms with Gasteiger partial charge < -0.3 is 9.84 Å². The molecule has 0 saturated carbocycles. The van der Waals surface area contributed by atoms with Crippen molar-refractivity contribution in [3.63, 3.8) is 0 Å². The first kappa shape index (κ1) is 12.6. The number of carbonyl (C=O) groups is 1. The van der Waals surface area contributed by atoms with Crippen molar-refractivity contribution >= 4 is 5.97 Å². The number of ether oxygens (including phenoxy) is 1. The zero-order valence-corrected chi connectivity index (χ0v) is 9.63. The first-order chi connectivity index (χ1) is 9.11. The molecule has 2 aromatic rings. The highest BCUT2D eigenvalue weighted by Gasteiger charge is 2.12. The second-order valence-electron chi connectivity index (χ2n) is 3.66. The van der Waals surface area contributed by atoms with Crippen LogP contribution in [-0.4, -0.2) is 11.1 Å². The zero-order chi connectivity index (χ0) is 13.8. The Morgan fingerprint density at radius 1 is 1.26 bits per heavy atom. The van der Waals surface area contributed by atoms with Gasteiger partial charge in [0.15, 0.2) is 0 Å². The Kier molecular flexibility index (Phi) is 3.44. The van der Waals surface area contributed by atoms with Gasteiger partial charge in [-0.05, 0) is 24.3 Å². The Morgan fingerprint density at radius 3 is 2.63 bits per heavy atom. The molecule has 0 fully saturated rings. The van der Waals surface area contributed by atoms with Crippen molar-refractivity contribution in [1.29, 1.82) is 5.26 Å². The van der Waals surface area contributed by atoms with Crippen molar-refractivity contribution in [1.82, 2.24) is 0 Å². The van der Waals surface area contributed by atoms with E-state index >= 15 is 0 Å². The van der Waals surface area contributed by atoms with Crippen LogP contribution in [0.2, 0.25) is 0 Å². The van der Waals surface area contributed by atoms with E-state index in [1.165, 1.54) is 6.07 Å². The number of aromatic carboxylic acids is 1. The Balaban J connectivity index is 2.32. The van der Waals surface area contributed by atoms with Gasteiger partial charge in [-0.2, -0.15) is 5.26 Å². The van der Waals surface area contributed by atoms with Crippen LogP contribution in [0.4, 0.5) is 4.39 Å². The highest BCUT2D eigenvalue weighted by molar-refractivity contribution is 5.88. The van der Waals surface area contributed by atoms with Crippen molar-refractivity contribution in [2.75, 3.05) is 0 Å². The largest absolute Gasteiger partial charge is 0.478 e. The molecule has 1 N–H and O–H groups in total. The highest BCUT2D eigenvalue weighted by atomic mass is 19.1. The molecular formula is C14H8FNO3. The minimum absolute atomic E-state index is 0.130. The summed E-state index contributed by atoms with van der Waals surface area (Å²) < 4.78 is 18.8. The lowest BCUT2D eigenvalue weighted by Gasteiger charge is -2.07. The van der Waals surface area contributed by atoms with E-state index in [0.717, 1.165) is 12.1 Å². The summed E-state index contributed by atoms with van der Waals surface area (Å²) in [7, 11) is 0. The van der Waals surface area contributed by atoms with Gasteiger partial charge in [0.1, 0.15) is 23.4 Å². The molecule has 0 aromatic heterocycles. The topological polar surface area (TPSA) is 70.3 Å². The summed E-state index contributed by atoms with van der Waals surface area (Å²) in [4.78, 5) is 10.7. The number of halogens is 1. The molecule has 0 saturated heterocycles. The maximum atomic E-state index is 13.5. The standard InChI is InChI=1S/C14H8FNO3/c15-12-7-10(5-6-11(12)14(17)18)19-13-4-2-1-3-9(13)8-16/h1-7H,(H,17,18). The molecule has 0 aliphatic rings. The third-order valence-electron chi connectivity index (χ3n) is 2.41. The molecule has 94 valence electrons. The summed E-state index contributed by atoms with van der Waals surface area (Å²) >= 11 is 0. The fourth-order valence-electron chi connectivity index (χ4n) is 1.51. The van der Waals surface area contributed by atoms with Gasteiger partial charge in [0.05, 0.1) is 11.1 Å². The van der Waals surface area contributed by atoms with Crippen LogP contribution < -0.4 is 4.74 Å². The molecule has 0 spiro atoms. The molecule has 0 radical (unpaired) electrons. The number of benzene rings is 2. The van der Waals surface area contributed by atoms with Gasteiger partial charge in [-0.3, -0.25) is 0 Å². The third kappa shape index (κ3) is 2.69. The Morgan fingerprint density at radius 2 is 2.00 bits per heavy atom. The number of nitrogens with zero attached hydrogens (tertiary/aromatic N) is 1. The average Bonchev–Trinajstić information content (AvgIpc) is 2.39. The number of rotatable bonds is 3. The van der Waals surface area contributed by atoms with Gasteiger partial charge in [0, 0.05) is 6.07 Å². The normalized spacial score (nSPS) is 9.68. The molecule has 0 amide bonds. The summed E-state index contributed by atoms with van der Waals surface area (Å²) in [6.45, 7) is 0. The molecule has 0 aliphatic heterocycles. The SMILES string of the molecule is N#Cc1ccccc1Oc1ccc(C(=O)O)c(F)c1. The summed E-state index contributed by atoms with van der Waals surface area (Å²) in [5.41, 5.74) is -0.119. The van der Waals surface area contributed by atoms with Gasteiger partial charge in [-0.1, -0.05) is 12.1 Å². The van der Waals surface area contributed by atoms with Crippen molar-refractivity contribution < 1.29 is 19.0 Å². The maximum absolute atomic E-state index is 13.5. The summed E-state index contributed by atoms with van der Waals surface area (Å²) in [5.74, 6) is -1.82. The van der Waals surface area contributed by atoms with Crippen LogP contribution >= 0.6 is 0 Å². The number of nitriles is 1. The second-order valence-corrected chi connectivity index (χ2v) is 3.66. The summed E-state index contributed by atoms with van der Waals surface area (Å²) in [5, 5.41) is 17.6. The first-order valence-electron chi connectivity index (χ1n) is 5.31. The van der Waals surface area contributed by atoms with E-state index in [2.05, 4.69) is 0 Å². The maximum Gasteiger partial charge on any atom is 0.338 e. The first-order valence-corrected chi connectivity index (χ1v) is 5.31. The Labute approximate surface area is 108 Å². The molecule has 4 nitrogen and oxygen atoms in total. The van der Waals surface area contributed by atoms with Crippen LogP contribution in [0.1, 0.15) is 15.9 Å². The molecule has 0 aliphatic carbocycles. The summed E-state index contributed by atoms with van der Waals surface area (Å²) in [6.07, 6.45) is 0. The van der Waals surface area contributed by atoms with Crippen LogP contribution in [0, 0.1) is 17.1 Å². The molecule has 5 heteroatoms. The fourth-order valence-corrected chi connectivity index (χ4v) is 1.51.